The van der Waals surface area contributed by atoms with E-state index in [0.717, 1.165) is 52.5 Å². The lowest BCUT2D eigenvalue weighted by molar-refractivity contribution is -0.130. The van der Waals surface area contributed by atoms with Gasteiger partial charge in [-0.15, -0.1) is 0 Å². The summed E-state index contributed by atoms with van der Waals surface area (Å²) in [6.07, 6.45) is 1.98. The summed E-state index contributed by atoms with van der Waals surface area (Å²) in [4.78, 5) is 29.4. The molecule has 0 spiro atoms. The molecule has 1 aliphatic heterocycles. The molecule has 5 rings (SSSR count). The second kappa shape index (κ2) is 8.70. The van der Waals surface area contributed by atoms with E-state index in [1.54, 1.807) is 13.4 Å². The third-order valence-corrected chi connectivity index (χ3v) is 5.91. The van der Waals surface area contributed by atoms with Gasteiger partial charge in [-0.05, 0) is 29.3 Å². The van der Waals surface area contributed by atoms with E-state index in [2.05, 4.69) is 38.1 Å². The number of benzene rings is 2. The van der Waals surface area contributed by atoms with Gasteiger partial charge in [0.25, 0.3) is 0 Å². The van der Waals surface area contributed by atoms with E-state index < -0.39 is 0 Å². The lowest BCUT2D eigenvalue weighted by atomic mass is 10.1. The maximum atomic E-state index is 12.8. The molecule has 32 heavy (non-hydrogen) atoms. The van der Waals surface area contributed by atoms with Gasteiger partial charge in [-0.3, -0.25) is 4.79 Å². The van der Waals surface area contributed by atoms with Crippen molar-refractivity contribution in [1.29, 1.82) is 0 Å². The molecule has 1 amide bonds. The molecule has 2 aromatic carbocycles. The zero-order valence-corrected chi connectivity index (χ0v) is 18.0. The molecule has 162 valence electrons. The van der Waals surface area contributed by atoms with Crippen molar-refractivity contribution in [2.24, 2.45) is 0 Å². The van der Waals surface area contributed by atoms with Gasteiger partial charge in [0.05, 0.1) is 18.9 Å². The topological polar surface area (TPSA) is 74.3 Å². The zero-order valence-electron chi connectivity index (χ0n) is 18.0. The Balaban J connectivity index is 1.29. The van der Waals surface area contributed by atoms with Crippen molar-refractivity contribution >= 4 is 22.8 Å². The van der Waals surface area contributed by atoms with E-state index in [1.165, 1.54) is 0 Å². The van der Waals surface area contributed by atoms with Crippen LogP contribution >= 0.6 is 0 Å². The molecule has 7 nitrogen and oxygen atoms in total. The first-order valence-electron chi connectivity index (χ1n) is 10.8. The number of rotatable bonds is 5. The maximum absolute atomic E-state index is 12.8. The number of piperazine rings is 1. The van der Waals surface area contributed by atoms with Crippen LogP contribution in [0.15, 0.2) is 67.0 Å². The van der Waals surface area contributed by atoms with Crippen LogP contribution in [0.2, 0.25) is 0 Å². The van der Waals surface area contributed by atoms with Crippen LogP contribution in [0.4, 0.5) is 5.82 Å². The number of hydrogen-bond acceptors (Lipinski definition) is 5. The molecule has 0 bridgehead atoms. The predicted octanol–water partition coefficient (Wildman–Crippen LogP) is 3.52. The first-order chi connectivity index (χ1) is 15.7. The molecule has 0 atom stereocenters. The number of amides is 1. The van der Waals surface area contributed by atoms with Crippen LogP contribution in [0.5, 0.6) is 5.75 Å². The molecule has 1 fully saturated rings. The Hall–Kier alpha value is -3.87. The first-order valence-corrected chi connectivity index (χ1v) is 10.8. The minimum Gasteiger partial charge on any atom is -0.497 e. The third kappa shape index (κ3) is 4.01. The molecule has 0 saturated carbocycles. The summed E-state index contributed by atoms with van der Waals surface area (Å²) in [6, 6.07) is 20.0. The predicted molar refractivity (Wildman–Crippen MR) is 125 cm³/mol. The van der Waals surface area contributed by atoms with Crippen LogP contribution in [0.25, 0.3) is 22.3 Å². The van der Waals surface area contributed by atoms with Crippen molar-refractivity contribution in [3.8, 4) is 17.0 Å². The molecule has 3 heterocycles. The summed E-state index contributed by atoms with van der Waals surface area (Å²) in [6.45, 7) is 2.82. The molecular weight excluding hydrogens is 402 g/mol. The van der Waals surface area contributed by atoms with Gasteiger partial charge in [-0.1, -0.05) is 42.5 Å². The summed E-state index contributed by atoms with van der Waals surface area (Å²) >= 11 is 0. The highest BCUT2D eigenvalue weighted by atomic mass is 16.5. The number of carbonyl (C=O) groups excluding carboxylic acids is 1. The molecule has 4 aromatic rings. The number of ether oxygens (including phenoxy) is 1. The van der Waals surface area contributed by atoms with Crippen LogP contribution in [0.3, 0.4) is 0 Å². The number of aromatic amines is 1. The fraction of sp³-hybridized carbons (Fsp3) is 0.240. The average molecular weight is 428 g/mol. The highest BCUT2D eigenvalue weighted by molar-refractivity contribution is 5.92. The number of hydrogen-bond donors (Lipinski definition) is 1. The van der Waals surface area contributed by atoms with Gasteiger partial charge in [0.1, 0.15) is 23.5 Å². The minimum absolute atomic E-state index is 0.138. The standard InChI is InChI=1S/C25H25N5O2/c1-32-20-9-5-6-18(14-20)15-23(31)29-10-12-30(13-11-29)25-21-16-22(19-7-3-2-4-8-19)28-24(21)26-17-27-25/h2-9,14,16-17H,10-13,15H2,1H3,(H,26,27,28). The van der Waals surface area contributed by atoms with Crippen molar-refractivity contribution in [3.63, 3.8) is 0 Å². The van der Waals surface area contributed by atoms with E-state index in [0.29, 0.717) is 19.5 Å². The number of nitrogens with one attached hydrogen (secondary N) is 1. The van der Waals surface area contributed by atoms with Gasteiger partial charge in [0.2, 0.25) is 5.91 Å². The zero-order chi connectivity index (χ0) is 21.9. The summed E-state index contributed by atoms with van der Waals surface area (Å²) < 4.78 is 5.26. The van der Waals surface area contributed by atoms with Crippen molar-refractivity contribution in [2.45, 2.75) is 6.42 Å². The van der Waals surface area contributed by atoms with Crippen molar-refractivity contribution in [3.05, 3.63) is 72.6 Å². The van der Waals surface area contributed by atoms with Crippen molar-refractivity contribution < 1.29 is 9.53 Å². The maximum Gasteiger partial charge on any atom is 0.227 e. The van der Waals surface area contributed by atoms with Crippen LogP contribution in [0, 0.1) is 0 Å². The number of fused-ring (bicyclic) bond motifs is 1. The van der Waals surface area contributed by atoms with Gasteiger partial charge in [0, 0.05) is 31.9 Å². The molecule has 1 N–H and O–H groups in total. The number of H-pyrrole nitrogens is 1. The number of methoxy groups -OCH3 is 1. The summed E-state index contributed by atoms with van der Waals surface area (Å²) in [5, 5.41) is 1.00. The largest absolute Gasteiger partial charge is 0.497 e. The molecule has 1 saturated heterocycles. The Labute approximate surface area is 186 Å². The van der Waals surface area contributed by atoms with E-state index in [1.807, 2.05) is 47.4 Å². The van der Waals surface area contributed by atoms with E-state index in [4.69, 9.17) is 4.74 Å². The Kier molecular flexibility index (Phi) is 5.46. The Morgan fingerprint density at radius 3 is 2.59 bits per heavy atom. The lowest BCUT2D eigenvalue weighted by Gasteiger charge is -2.35. The lowest BCUT2D eigenvalue weighted by Crippen LogP contribution is -2.49. The van der Waals surface area contributed by atoms with E-state index in [-0.39, 0.29) is 5.91 Å². The van der Waals surface area contributed by atoms with Gasteiger partial charge in [-0.2, -0.15) is 0 Å². The minimum atomic E-state index is 0.138. The van der Waals surface area contributed by atoms with Gasteiger partial charge in [-0.25, -0.2) is 9.97 Å². The Bertz CT molecular complexity index is 1230. The summed E-state index contributed by atoms with van der Waals surface area (Å²) in [7, 11) is 1.64. The van der Waals surface area contributed by atoms with Crippen LogP contribution < -0.4 is 9.64 Å². The Morgan fingerprint density at radius 2 is 1.81 bits per heavy atom. The number of nitrogens with zero attached hydrogens (tertiary/aromatic N) is 4. The monoisotopic (exact) mass is 427 g/mol. The number of carbonyl (C=O) groups is 1. The number of aromatic nitrogens is 3. The quantitative estimate of drug-likeness (QED) is 0.528. The van der Waals surface area contributed by atoms with Crippen molar-refractivity contribution in [2.75, 3.05) is 38.2 Å². The molecule has 2 aromatic heterocycles. The molecular formula is C25H25N5O2. The van der Waals surface area contributed by atoms with E-state index in [9.17, 15) is 4.79 Å². The van der Waals surface area contributed by atoms with Crippen LogP contribution in [0.1, 0.15) is 5.56 Å². The molecule has 1 aliphatic rings. The Morgan fingerprint density at radius 1 is 1.00 bits per heavy atom. The van der Waals surface area contributed by atoms with Gasteiger partial charge >= 0.3 is 0 Å². The molecule has 0 aliphatic carbocycles. The van der Waals surface area contributed by atoms with E-state index >= 15 is 0 Å². The molecule has 0 radical (unpaired) electrons. The molecule has 0 unspecified atom stereocenters. The summed E-state index contributed by atoms with van der Waals surface area (Å²) in [5.74, 6) is 1.82. The van der Waals surface area contributed by atoms with Crippen molar-refractivity contribution in [1.82, 2.24) is 19.9 Å². The second-order valence-electron chi connectivity index (χ2n) is 7.90. The highest BCUT2D eigenvalue weighted by Gasteiger charge is 2.24. The second-order valence-corrected chi connectivity index (χ2v) is 7.90. The van der Waals surface area contributed by atoms with Crippen LogP contribution in [-0.4, -0.2) is 59.0 Å². The SMILES string of the molecule is COc1cccc(CC(=O)N2CCN(c3ncnc4[nH]c(-c5ccccc5)cc34)CC2)c1. The normalized spacial score (nSPS) is 14.0. The molecule has 7 heteroatoms. The fourth-order valence-corrected chi connectivity index (χ4v) is 4.19. The van der Waals surface area contributed by atoms with Crippen LogP contribution in [-0.2, 0) is 11.2 Å². The van der Waals surface area contributed by atoms with Gasteiger partial charge < -0.3 is 19.5 Å². The first kappa shape index (κ1) is 20.1. The summed E-state index contributed by atoms with van der Waals surface area (Å²) in [5.41, 5.74) is 3.93. The average Bonchev–Trinajstić information content (AvgIpc) is 3.29. The fourth-order valence-electron chi connectivity index (χ4n) is 4.19. The van der Waals surface area contributed by atoms with Gasteiger partial charge in [0.15, 0.2) is 0 Å². The third-order valence-electron chi connectivity index (χ3n) is 5.91. The number of anilines is 1. The highest BCUT2D eigenvalue weighted by Crippen LogP contribution is 2.29. The smallest absolute Gasteiger partial charge is 0.227 e.